The van der Waals surface area contributed by atoms with Crippen molar-refractivity contribution in [1.82, 2.24) is 10.2 Å². The fourth-order valence-corrected chi connectivity index (χ4v) is 2.27. The Morgan fingerprint density at radius 2 is 2.36 bits per heavy atom. The van der Waals surface area contributed by atoms with E-state index >= 15 is 0 Å². The van der Waals surface area contributed by atoms with Crippen LogP contribution in [0.25, 0.3) is 0 Å². The van der Waals surface area contributed by atoms with Crippen LogP contribution in [0, 0.1) is 0 Å². The molecule has 0 saturated carbocycles. The standard InChI is InChI=1S/C9H10N2O2S/c1-2-11-7(6-3-4-14-5-6)8(12)10-9(11)13/h3-5,7H,2H2,1H3,(H,10,12,13). The second kappa shape index (κ2) is 3.42. The number of hydrogen-bond donors (Lipinski definition) is 1. The van der Waals surface area contributed by atoms with Crippen molar-refractivity contribution in [2.24, 2.45) is 0 Å². The normalized spacial score (nSPS) is 21.5. The van der Waals surface area contributed by atoms with E-state index in [4.69, 9.17) is 0 Å². The lowest BCUT2D eigenvalue weighted by molar-refractivity contribution is -0.121. The number of rotatable bonds is 2. The molecule has 2 rings (SSSR count). The van der Waals surface area contributed by atoms with Crippen LogP contribution >= 0.6 is 11.3 Å². The minimum absolute atomic E-state index is 0.227. The van der Waals surface area contributed by atoms with Crippen LogP contribution in [0.5, 0.6) is 0 Å². The van der Waals surface area contributed by atoms with Crippen LogP contribution in [-0.4, -0.2) is 23.4 Å². The lowest BCUT2D eigenvalue weighted by Gasteiger charge is -2.18. The molecule has 1 aliphatic rings. The number of nitrogens with zero attached hydrogens (tertiary/aromatic N) is 1. The Morgan fingerprint density at radius 1 is 1.57 bits per heavy atom. The summed E-state index contributed by atoms with van der Waals surface area (Å²) in [6, 6.07) is 1.14. The number of thiophene rings is 1. The molecule has 1 fully saturated rings. The molecule has 1 saturated heterocycles. The minimum Gasteiger partial charge on any atom is -0.309 e. The van der Waals surface area contributed by atoms with Crippen molar-refractivity contribution in [2.75, 3.05) is 6.54 Å². The molecule has 1 aromatic rings. The molecule has 3 amide bonds. The lowest BCUT2D eigenvalue weighted by atomic mass is 10.1. The summed E-state index contributed by atoms with van der Waals surface area (Å²) >= 11 is 1.52. The van der Waals surface area contributed by atoms with Gasteiger partial charge in [0.05, 0.1) is 0 Å². The average molecular weight is 210 g/mol. The summed E-state index contributed by atoms with van der Waals surface area (Å²) < 4.78 is 0. The highest BCUT2D eigenvalue weighted by Gasteiger charge is 2.38. The van der Waals surface area contributed by atoms with E-state index in [1.165, 1.54) is 16.2 Å². The second-order valence-corrected chi connectivity index (χ2v) is 3.82. The van der Waals surface area contributed by atoms with E-state index in [1.807, 2.05) is 23.8 Å². The summed E-state index contributed by atoms with van der Waals surface area (Å²) in [7, 11) is 0. The third kappa shape index (κ3) is 1.29. The van der Waals surface area contributed by atoms with E-state index in [0.29, 0.717) is 6.54 Å². The SMILES string of the molecule is CCN1C(=O)NC(=O)C1c1ccsc1. The van der Waals surface area contributed by atoms with Crippen LogP contribution in [0.15, 0.2) is 16.8 Å². The monoisotopic (exact) mass is 210 g/mol. The van der Waals surface area contributed by atoms with Gasteiger partial charge in [0.2, 0.25) is 0 Å². The Hall–Kier alpha value is -1.36. The maximum atomic E-state index is 11.5. The van der Waals surface area contributed by atoms with Gasteiger partial charge in [-0.3, -0.25) is 10.1 Å². The number of carbonyl (C=O) groups excluding carboxylic acids is 2. The van der Waals surface area contributed by atoms with Gasteiger partial charge in [-0.1, -0.05) is 0 Å². The number of hydrogen-bond acceptors (Lipinski definition) is 3. The Labute approximate surface area is 85.5 Å². The maximum Gasteiger partial charge on any atom is 0.325 e. The quantitative estimate of drug-likeness (QED) is 0.749. The van der Waals surface area contributed by atoms with Crippen LogP contribution in [0.4, 0.5) is 4.79 Å². The van der Waals surface area contributed by atoms with Gasteiger partial charge < -0.3 is 4.90 Å². The van der Waals surface area contributed by atoms with Crippen LogP contribution in [-0.2, 0) is 4.79 Å². The summed E-state index contributed by atoms with van der Waals surface area (Å²) in [5.41, 5.74) is 0.889. The molecule has 2 heterocycles. The van der Waals surface area contributed by atoms with Gasteiger partial charge in [-0.15, -0.1) is 0 Å². The average Bonchev–Trinajstić information content (AvgIpc) is 2.72. The van der Waals surface area contributed by atoms with Crippen molar-refractivity contribution >= 4 is 23.3 Å². The van der Waals surface area contributed by atoms with E-state index in [9.17, 15) is 9.59 Å². The fraction of sp³-hybridized carbons (Fsp3) is 0.333. The first kappa shape index (κ1) is 9.21. The van der Waals surface area contributed by atoms with Crippen molar-refractivity contribution in [3.63, 3.8) is 0 Å². The van der Waals surface area contributed by atoms with Crippen molar-refractivity contribution in [1.29, 1.82) is 0 Å². The Bertz CT molecular complexity index is 361. The highest BCUT2D eigenvalue weighted by molar-refractivity contribution is 7.08. The van der Waals surface area contributed by atoms with Gasteiger partial charge in [0.15, 0.2) is 0 Å². The van der Waals surface area contributed by atoms with Crippen LogP contribution in [0.2, 0.25) is 0 Å². The van der Waals surface area contributed by atoms with Crippen LogP contribution < -0.4 is 5.32 Å². The molecular weight excluding hydrogens is 200 g/mol. The van der Waals surface area contributed by atoms with Gasteiger partial charge in [0, 0.05) is 6.54 Å². The number of amides is 3. The zero-order valence-corrected chi connectivity index (χ0v) is 8.50. The third-order valence-corrected chi connectivity index (χ3v) is 2.95. The predicted molar refractivity (Wildman–Crippen MR) is 53.0 cm³/mol. The largest absolute Gasteiger partial charge is 0.325 e. The molecule has 74 valence electrons. The maximum absolute atomic E-state index is 11.5. The van der Waals surface area contributed by atoms with E-state index in [0.717, 1.165) is 5.56 Å². The molecule has 1 atom stereocenters. The van der Waals surface area contributed by atoms with Crippen LogP contribution in [0.3, 0.4) is 0 Å². The van der Waals surface area contributed by atoms with E-state index < -0.39 is 6.04 Å². The van der Waals surface area contributed by atoms with Crippen LogP contribution in [0.1, 0.15) is 18.5 Å². The topological polar surface area (TPSA) is 49.4 Å². The number of urea groups is 1. The van der Waals surface area contributed by atoms with Gasteiger partial charge in [-0.25, -0.2) is 4.79 Å². The molecule has 0 spiro atoms. The highest BCUT2D eigenvalue weighted by Crippen LogP contribution is 2.26. The van der Waals surface area contributed by atoms with Crippen molar-refractivity contribution in [3.8, 4) is 0 Å². The predicted octanol–water partition coefficient (Wildman–Crippen LogP) is 1.36. The zero-order valence-electron chi connectivity index (χ0n) is 7.69. The van der Waals surface area contributed by atoms with Crippen molar-refractivity contribution in [2.45, 2.75) is 13.0 Å². The molecule has 1 aromatic heterocycles. The first-order valence-electron chi connectivity index (χ1n) is 4.37. The molecule has 5 heteroatoms. The molecule has 0 radical (unpaired) electrons. The molecule has 4 nitrogen and oxygen atoms in total. The van der Waals surface area contributed by atoms with Gasteiger partial charge in [-0.2, -0.15) is 11.3 Å². The Kier molecular flexibility index (Phi) is 2.25. The zero-order chi connectivity index (χ0) is 10.1. The molecule has 1 unspecified atom stereocenters. The van der Waals surface area contributed by atoms with E-state index in [1.54, 1.807) is 0 Å². The summed E-state index contributed by atoms with van der Waals surface area (Å²) in [6.45, 7) is 2.40. The molecular formula is C9H10N2O2S. The summed E-state index contributed by atoms with van der Waals surface area (Å²) in [4.78, 5) is 24.3. The smallest absolute Gasteiger partial charge is 0.309 e. The van der Waals surface area contributed by atoms with Gasteiger partial charge in [-0.05, 0) is 29.3 Å². The molecule has 1 aliphatic heterocycles. The summed E-state index contributed by atoms with van der Waals surface area (Å²) in [5.74, 6) is -0.227. The number of nitrogens with one attached hydrogen (secondary N) is 1. The molecule has 1 N–H and O–H groups in total. The first-order valence-corrected chi connectivity index (χ1v) is 5.32. The number of imide groups is 1. The van der Waals surface area contributed by atoms with Gasteiger partial charge >= 0.3 is 6.03 Å². The van der Waals surface area contributed by atoms with E-state index in [2.05, 4.69) is 5.32 Å². The molecule has 0 aliphatic carbocycles. The Morgan fingerprint density at radius 3 is 2.93 bits per heavy atom. The van der Waals surface area contributed by atoms with Gasteiger partial charge in [0.1, 0.15) is 6.04 Å². The molecule has 0 bridgehead atoms. The third-order valence-electron chi connectivity index (χ3n) is 2.25. The summed E-state index contributed by atoms with van der Waals surface area (Å²) in [6.07, 6.45) is 0. The highest BCUT2D eigenvalue weighted by atomic mass is 32.1. The lowest BCUT2D eigenvalue weighted by Crippen LogP contribution is -2.29. The number of carbonyl (C=O) groups is 2. The van der Waals surface area contributed by atoms with E-state index in [-0.39, 0.29) is 11.9 Å². The summed E-state index contributed by atoms with van der Waals surface area (Å²) in [5, 5.41) is 6.11. The Balaban J connectivity index is 2.33. The first-order chi connectivity index (χ1) is 6.74. The minimum atomic E-state index is -0.432. The van der Waals surface area contributed by atoms with Crippen molar-refractivity contribution in [3.05, 3.63) is 22.4 Å². The van der Waals surface area contributed by atoms with Crippen molar-refractivity contribution < 1.29 is 9.59 Å². The van der Waals surface area contributed by atoms with Gasteiger partial charge in [0.25, 0.3) is 5.91 Å². The number of likely N-dealkylation sites (N-methyl/N-ethyl adjacent to an activating group) is 1. The second-order valence-electron chi connectivity index (χ2n) is 3.04. The molecule has 0 aromatic carbocycles. The molecule has 14 heavy (non-hydrogen) atoms. The fourth-order valence-electron chi connectivity index (χ4n) is 1.59.